The minimum atomic E-state index is -0.139. The maximum Gasteiger partial charge on any atom is 0.253 e. The van der Waals surface area contributed by atoms with E-state index in [1.54, 1.807) is 19.2 Å². The summed E-state index contributed by atoms with van der Waals surface area (Å²) in [6.07, 6.45) is 0.901. The molecule has 20 heavy (non-hydrogen) atoms. The molecule has 0 aliphatic carbocycles. The van der Waals surface area contributed by atoms with Crippen LogP contribution in [0, 0.1) is 0 Å². The summed E-state index contributed by atoms with van der Waals surface area (Å²) >= 11 is 0. The van der Waals surface area contributed by atoms with Gasteiger partial charge in [0.15, 0.2) is 0 Å². The Kier molecular flexibility index (Phi) is 4.60. The van der Waals surface area contributed by atoms with Gasteiger partial charge in [0.05, 0.1) is 5.56 Å². The monoisotopic (exact) mass is 269 g/mol. The number of rotatable bonds is 5. The van der Waals surface area contributed by atoms with Crippen LogP contribution >= 0.6 is 0 Å². The third kappa shape index (κ3) is 3.51. The van der Waals surface area contributed by atoms with Gasteiger partial charge in [0.25, 0.3) is 5.91 Å². The third-order valence-corrected chi connectivity index (χ3v) is 3.09. The Bertz CT molecular complexity index is 582. The Morgan fingerprint density at radius 2 is 1.90 bits per heavy atom. The predicted octanol–water partition coefficient (Wildman–Crippen LogP) is 2.28. The molecular weight excluding hydrogens is 250 g/mol. The SMILES string of the molecule is CNC(=O)c1cc(N)ccc1NCCc1ccccc1. The highest BCUT2D eigenvalue weighted by Crippen LogP contribution is 2.19. The van der Waals surface area contributed by atoms with Gasteiger partial charge in [-0.2, -0.15) is 0 Å². The van der Waals surface area contributed by atoms with Gasteiger partial charge in [-0.15, -0.1) is 0 Å². The molecule has 0 saturated carbocycles. The molecule has 0 bridgehead atoms. The van der Waals surface area contributed by atoms with E-state index in [9.17, 15) is 4.79 Å². The standard InChI is InChI=1S/C16H19N3O/c1-18-16(20)14-11-13(17)7-8-15(14)19-10-9-12-5-3-2-4-6-12/h2-8,11,19H,9-10,17H2,1H3,(H,18,20). The number of nitrogens with one attached hydrogen (secondary N) is 2. The van der Waals surface area contributed by atoms with E-state index < -0.39 is 0 Å². The Morgan fingerprint density at radius 3 is 2.60 bits per heavy atom. The van der Waals surface area contributed by atoms with Crippen molar-refractivity contribution in [3.8, 4) is 0 Å². The summed E-state index contributed by atoms with van der Waals surface area (Å²) < 4.78 is 0. The van der Waals surface area contributed by atoms with E-state index in [0.29, 0.717) is 11.3 Å². The second-order valence-corrected chi connectivity index (χ2v) is 4.55. The average molecular weight is 269 g/mol. The summed E-state index contributed by atoms with van der Waals surface area (Å²) in [6.45, 7) is 0.762. The van der Waals surface area contributed by atoms with E-state index in [1.807, 2.05) is 24.3 Å². The maximum atomic E-state index is 11.8. The van der Waals surface area contributed by atoms with E-state index in [1.165, 1.54) is 5.56 Å². The van der Waals surface area contributed by atoms with Gasteiger partial charge in [-0.1, -0.05) is 30.3 Å². The molecule has 0 aromatic heterocycles. The highest BCUT2D eigenvalue weighted by atomic mass is 16.1. The van der Waals surface area contributed by atoms with Crippen molar-refractivity contribution >= 4 is 17.3 Å². The summed E-state index contributed by atoms with van der Waals surface area (Å²) in [7, 11) is 1.61. The van der Waals surface area contributed by atoms with Gasteiger partial charge in [-0.25, -0.2) is 0 Å². The first kappa shape index (κ1) is 13.9. The molecule has 0 unspecified atom stereocenters. The van der Waals surface area contributed by atoms with Gasteiger partial charge >= 0.3 is 0 Å². The smallest absolute Gasteiger partial charge is 0.253 e. The molecule has 4 nitrogen and oxygen atoms in total. The van der Waals surface area contributed by atoms with Crippen LogP contribution in [0.2, 0.25) is 0 Å². The predicted molar refractivity (Wildman–Crippen MR) is 82.9 cm³/mol. The molecule has 0 aliphatic heterocycles. The van der Waals surface area contributed by atoms with E-state index in [-0.39, 0.29) is 5.91 Å². The van der Waals surface area contributed by atoms with Crippen LogP contribution in [0.25, 0.3) is 0 Å². The molecule has 2 aromatic carbocycles. The summed E-state index contributed by atoms with van der Waals surface area (Å²) in [5.41, 5.74) is 8.94. The molecule has 0 aliphatic rings. The van der Waals surface area contributed by atoms with Crippen molar-refractivity contribution in [3.63, 3.8) is 0 Å². The molecule has 0 heterocycles. The van der Waals surface area contributed by atoms with Crippen molar-refractivity contribution in [2.24, 2.45) is 0 Å². The van der Waals surface area contributed by atoms with Crippen LogP contribution in [-0.2, 0) is 6.42 Å². The van der Waals surface area contributed by atoms with E-state index >= 15 is 0 Å². The number of hydrogen-bond donors (Lipinski definition) is 3. The van der Waals surface area contributed by atoms with Gasteiger partial charge in [0.1, 0.15) is 0 Å². The number of hydrogen-bond acceptors (Lipinski definition) is 3. The molecule has 0 fully saturated rings. The fraction of sp³-hybridized carbons (Fsp3) is 0.188. The second-order valence-electron chi connectivity index (χ2n) is 4.55. The number of carbonyl (C=O) groups is 1. The van der Waals surface area contributed by atoms with Crippen LogP contribution in [0.15, 0.2) is 48.5 Å². The minimum absolute atomic E-state index is 0.139. The van der Waals surface area contributed by atoms with Crippen molar-refractivity contribution < 1.29 is 4.79 Å². The van der Waals surface area contributed by atoms with Crippen molar-refractivity contribution in [1.29, 1.82) is 0 Å². The molecule has 2 rings (SSSR count). The van der Waals surface area contributed by atoms with Crippen LogP contribution in [0.5, 0.6) is 0 Å². The fourth-order valence-corrected chi connectivity index (χ4v) is 2.02. The molecule has 104 valence electrons. The van der Waals surface area contributed by atoms with Crippen LogP contribution in [0.3, 0.4) is 0 Å². The maximum absolute atomic E-state index is 11.8. The van der Waals surface area contributed by atoms with E-state index in [2.05, 4.69) is 22.8 Å². The van der Waals surface area contributed by atoms with Crippen LogP contribution in [0.4, 0.5) is 11.4 Å². The Labute approximate surface area is 119 Å². The van der Waals surface area contributed by atoms with Crippen LogP contribution in [0.1, 0.15) is 15.9 Å². The molecule has 1 amide bonds. The van der Waals surface area contributed by atoms with Gasteiger partial charge in [0.2, 0.25) is 0 Å². The van der Waals surface area contributed by atoms with Crippen LogP contribution < -0.4 is 16.4 Å². The lowest BCUT2D eigenvalue weighted by molar-refractivity contribution is 0.0964. The summed E-state index contributed by atoms with van der Waals surface area (Å²) in [5, 5.41) is 5.91. The van der Waals surface area contributed by atoms with E-state index in [0.717, 1.165) is 18.7 Å². The molecule has 4 N–H and O–H groups in total. The Balaban J connectivity index is 2.04. The lowest BCUT2D eigenvalue weighted by Crippen LogP contribution is -2.20. The van der Waals surface area contributed by atoms with Gasteiger partial charge in [-0.05, 0) is 30.2 Å². The van der Waals surface area contributed by atoms with Crippen molar-refractivity contribution in [2.75, 3.05) is 24.6 Å². The number of nitrogen functional groups attached to an aromatic ring is 1. The number of nitrogens with two attached hydrogens (primary N) is 1. The summed E-state index contributed by atoms with van der Waals surface area (Å²) in [5.74, 6) is -0.139. The van der Waals surface area contributed by atoms with Crippen molar-refractivity contribution in [2.45, 2.75) is 6.42 Å². The first-order chi connectivity index (χ1) is 9.70. The first-order valence-corrected chi connectivity index (χ1v) is 6.60. The first-order valence-electron chi connectivity index (χ1n) is 6.60. The second kappa shape index (κ2) is 6.61. The third-order valence-electron chi connectivity index (χ3n) is 3.09. The van der Waals surface area contributed by atoms with Crippen molar-refractivity contribution in [1.82, 2.24) is 5.32 Å². The number of amides is 1. The van der Waals surface area contributed by atoms with Gasteiger partial charge in [-0.3, -0.25) is 4.79 Å². The van der Waals surface area contributed by atoms with Crippen molar-refractivity contribution in [3.05, 3.63) is 59.7 Å². The minimum Gasteiger partial charge on any atom is -0.399 e. The highest BCUT2D eigenvalue weighted by Gasteiger charge is 2.09. The number of benzene rings is 2. The largest absolute Gasteiger partial charge is 0.399 e. The fourth-order valence-electron chi connectivity index (χ4n) is 2.02. The molecule has 0 saturated heterocycles. The molecule has 0 spiro atoms. The topological polar surface area (TPSA) is 67.2 Å². The molecule has 2 aromatic rings. The average Bonchev–Trinajstić information content (AvgIpc) is 2.49. The Hall–Kier alpha value is -2.49. The summed E-state index contributed by atoms with van der Waals surface area (Å²) in [6, 6.07) is 15.5. The lowest BCUT2D eigenvalue weighted by atomic mass is 10.1. The Morgan fingerprint density at radius 1 is 1.15 bits per heavy atom. The van der Waals surface area contributed by atoms with Crippen LogP contribution in [-0.4, -0.2) is 19.5 Å². The summed E-state index contributed by atoms with van der Waals surface area (Å²) in [4.78, 5) is 11.8. The molecule has 4 heteroatoms. The van der Waals surface area contributed by atoms with E-state index in [4.69, 9.17) is 5.73 Å². The highest BCUT2D eigenvalue weighted by molar-refractivity contribution is 6.00. The number of carbonyl (C=O) groups excluding carboxylic acids is 1. The zero-order valence-corrected chi connectivity index (χ0v) is 11.5. The number of anilines is 2. The normalized spacial score (nSPS) is 10.1. The lowest BCUT2D eigenvalue weighted by Gasteiger charge is -2.12. The van der Waals surface area contributed by atoms with Gasteiger partial charge < -0.3 is 16.4 Å². The zero-order valence-electron chi connectivity index (χ0n) is 11.5. The molecular formula is C16H19N3O. The molecule has 0 radical (unpaired) electrons. The quantitative estimate of drug-likeness (QED) is 0.729. The van der Waals surface area contributed by atoms with Gasteiger partial charge in [0, 0.05) is 25.0 Å². The zero-order chi connectivity index (χ0) is 14.4. The molecule has 0 atom stereocenters.